The van der Waals surface area contributed by atoms with Crippen LogP contribution in [0.4, 0.5) is 5.69 Å². The quantitative estimate of drug-likeness (QED) is 0.792. The van der Waals surface area contributed by atoms with Crippen molar-refractivity contribution in [3.63, 3.8) is 0 Å². The van der Waals surface area contributed by atoms with Gasteiger partial charge in [0.15, 0.2) is 0 Å². The molecule has 1 unspecified atom stereocenters. The van der Waals surface area contributed by atoms with Gasteiger partial charge in [0, 0.05) is 24.8 Å². The Bertz CT molecular complexity index is 442. The van der Waals surface area contributed by atoms with E-state index >= 15 is 0 Å². The first kappa shape index (κ1) is 12.9. The number of anilines is 1. The van der Waals surface area contributed by atoms with Crippen LogP contribution in [-0.4, -0.2) is 42.3 Å². The van der Waals surface area contributed by atoms with Gasteiger partial charge in [-0.2, -0.15) is 0 Å². The minimum atomic E-state index is -0.969. The molecule has 2 rings (SSSR count). The molecule has 1 aliphatic rings. The second kappa shape index (κ2) is 5.37. The van der Waals surface area contributed by atoms with Crippen molar-refractivity contribution in [2.75, 3.05) is 32.0 Å². The molecule has 3 N–H and O–H groups in total. The molecular weight excluding hydrogens is 232 g/mol. The molecule has 1 fully saturated rings. The molecule has 1 atom stereocenters. The fourth-order valence-corrected chi connectivity index (χ4v) is 2.35. The van der Waals surface area contributed by atoms with E-state index in [0.29, 0.717) is 18.9 Å². The first-order valence-corrected chi connectivity index (χ1v) is 6.04. The SMILES string of the molecule is CC(c1cccc(N)c1C(=O)O)N1CCOCC1. The first-order chi connectivity index (χ1) is 8.61. The van der Waals surface area contributed by atoms with Crippen LogP contribution in [0.15, 0.2) is 18.2 Å². The molecule has 0 aromatic heterocycles. The summed E-state index contributed by atoms with van der Waals surface area (Å²) in [4.78, 5) is 13.5. The highest BCUT2D eigenvalue weighted by Crippen LogP contribution is 2.27. The van der Waals surface area contributed by atoms with Crippen molar-refractivity contribution in [2.24, 2.45) is 0 Å². The number of carboxylic acids is 1. The molecule has 1 aromatic rings. The van der Waals surface area contributed by atoms with Gasteiger partial charge in [-0.15, -0.1) is 0 Å². The zero-order valence-electron chi connectivity index (χ0n) is 10.4. The summed E-state index contributed by atoms with van der Waals surface area (Å²) in [5.41, 5.74) is 7.07. The maximum absolute atomic E-state index is 11.3. The first-order valence-electron chi connectivity index (χ1n) is 6.04. The Labute approximate surface area is 106 Å². The van der Waals surface area contributed by atoms with E-state index in [1.807, 2.05) is 13.0 Å². The lowest BCUT2D eigenvalue weighted by Crippen LogP contribution is -2.38. The fourth-order valence-electron chi connectivity index (χ4n) is 2.35. The minimum Gasteiger partial charge on any atom is -0.478 e. The van der Waals surface area contributed by atoms with Crippen LogP contribution in [0.3, 0.4) is 0 Å². The number of benzene rings is 1. The molecule has 98 valence electrons. The molecule has 0 amide bonds. The topological polar surface area (TPSA) is 75.8 Å². The zero-order chi connectivity index (χ0) is 13.1. The van der Waals surface area contributed by atoms with Crippen LogP contribution >= 0.6 is 0 Å². The Balaban J connectivity index is 2.31. The van der Waals surface area contributed by atoms with Gasteiger partial charge in [-0.25, -0.2) is 4.79 Å². The Hall–Kier alpha value is -1.59. The molecule has 0 bridgehead atoms. The van der Waals surface area contributed by atoms with E-state index in [4.69, 9.17) is 10.5 Å². The highest BCUT2D eigenvalue weighted by Gasteiger charge is 2.24. The molecule has 1 aromatic carbocycles. The van der Waals surface area contributed by atoms with Crippen LogP contribution in [0.1, 0.15) is 28.9 Å². The molecule has 5 heteroatoms. The van der Waals surface area contributed by atoms with Crippen LogP contribution < -0.4 is 5.73 Å². The normalized spacial score (nSPS) is 18.5. The lowest BCUT2D eigenvalue weighted by Gasteiger charge is -2.33. The maximum atomic E-state index is 11.3. The van der Waals surface area contributed by atoms with Gasteiger partial charge in [-0.1, -0.05) is 12.1 Å². The van der Waals surface area contributed by atoms with Gasteiger partial charge in [0.25, 0.3) is 0 Å². The van der Waals surface area contributed by atoms with Crippen molar-refractivity contribution in [3.05, 3.63) is 29.3 Å². The lowest BCUT2D eigenvalue weighted by molar-refractivity contribution is 0.0196. The predicted octanol–water partition coefficient (Wildman–Crippen LogP) is 1.36. The summed E-state index contributed by atoms with van der Waals surface area (Å²) in [6.45, 7) is 5.01. The summed E-state index contributed by atoms with van der Waals surface area (Å²) in [5, 5.41) is 9.27. The molecular formula is C13H18N2O3. The molecule has 1 heterocycles. The third-order valence-electron chi connectivity index (χ3n) is 3.39. The average Bonchev–Trinajstić information content (AvgIpc) is 2.38. The van der Waals surface area contributed by atoms with Crippen LogP contribution in [0.2, 0.25) is 0 Å². The molecule has 0 radical (unpaired) electrons. The Morgan fingerprint density at radius 2 is 2.11 bits per heavy atom. The summed E-state index contributed by atoms with van der Waals surface area (Å²) < 4.78 is 5.30. The fraction of sp³-hybridized carbons (Fsp3) is 0.462. The third kappa shape index (κ3) is 2.47. The Morgan fingerprint density at radius 1 is 1.44 bits per heavy atom. The van der Waals surface area contributed by atoms with Crippen LogP contribution in [0.25, 0.3) is 0 Å². The van der Waals surface area contributed by atoms with E-state index in [1.165, 1.54) is 0 Å². The number of rotatable bonds is 3. The number of aromatic carboxylic acids is 1. The number of hydrogen-bond donors (Lipinski definition) is 2. The van der Waals surface area contributed by atoms with Gasteiger partial charge >= 0.3 is 5.97 Å². The molecule has 0 saturated carbocycles. The summed E-state index contributed by atoms with van der Waals surface area (Å²) >= 11 is 0. The van der Waals surface area contributed by atoms with Gasteiger partial charge in [0.05, 0.1) is 18.8 Å². The number of ether oxygens (including phenoxy) is 1. The molecule has 1 aliphatic heterocycles. The third-order valence-corrected chi connectivity index (χ3v) is 3.39. The van der Waals surface area contributed by atoms with Crippen LogP contribution in [0.5, 0.6) is 0 Å². The number of carbonyl (C=O) groups is 1. The standard InChI is InChI=1S/C13H18N2O3/c1-9(15-5-7-18-8-6-15)10-3-2-4-11(14)12(10)13(16)17/h2-4,9H,5-8,14H2,1H3,(H,16,17). The van der Waals surface area contributed by atoms with Crippen molar-refractivity contribution in [1.82, 2.24) is 4.90 Å². The van der Waals surface area contributed by atoms with E-state index in [2.05, 4.69) is 4.90 Å². The highest BCUT2D eigenvalue weighted by molar-refractivity contribution is 5.95. The van der Waals surface area contributed by atoms with Crippen molar-refractivity contribution in [2.45, 2.75) is 13.0 Å². The summed E-state index contributed by atoms with van der Waals surface area (Å²) in [5.74, 6) is -0.969. The second-order valence-corrected chi connectivity index (χ2v) is 4.44. The number of nitrogen functional groups attached to an aromatic ring is 1. The van der Waals surface area contributed by atoms with Gasteiger partial charge in [0.2, 0.25) is 0 Å². The van der Waals surface area contributed by atoms with E-state index < -0.39 is 5.97 Å². The van der Waals surface area contributed by atoms with Crippen molar-refractivity contribution < 1.29 is 14.6 Å². The largest absolute Gasteiger partial charge is 0.478 e. The Morgan fingerprint density at radius 3 is 2.72 bits per heavy atom. The zero-order valence-corrected chi connectivity index (χ0v) is 10.4. The van der Waals surface area contributed by atoms with Crippen molar-refractivity contribution >= 4 is 11.7 Å². The summed E-state index contributed by atoms with van der Waals surface area (Å²) in [6.07, 6.45) is 0. The smallest absolute Gasteiger partial charge is 0.338 e. The van der Waals surface area contributed by atoms with Crippen LogP contribution in [-0.2, 0) is 4.74 Å². The molecule has 1 saturated heterocycles. The monoisotopic (exact) mass is 250 g/mol. The highest BCUT2D eigenvalue weighted by atomic mass is 16.5. The van der Waals surface area contributed by atoms with E-state index in [9.17, 15) is 9.90 Å². The molecule has 18 heavy (non-hydrogen) atoms. The second-order valence-electron chi connectivity index (χ2n) is 4.44. The predicted molar refractivity (Wildman–Crippen MR) is 68.6 cm³/mol. The van der Waals surface area contributed by atoms with Crippen LogP contribution in [0, 0.1) is 0 Å². The lowest BCUT2D eigenvalue weighted by atomic mass is 9.98. The van der Waals surface area contributed by atoms with Gasteiger partial charge in [-0.05, 0) is 18.6 Å². The van der Waals surface area contributed by atoms with E-state index in [-0.39, 0.29) is 11.6 Å². The molecule has 5 nitrogen and oxygen atoms in total. The van der Waals surface area contributed by atoms with Crippen molar-refractivity contribution in [1.29, 1.82) is 0 Å². The average molecular weight is 250 g/mol. The van der Waals surface area contributed by atoms with Crippen molar-refractivity contribution in [3.8, 4) is 0 Å². The minimum absolute atomic E-state index is 0.0310. The maximum Gasteiger partial charge on any atom is 0.338 e. The number of nitrogens with zero attached hydrogens (tertiary/aromatic N) is 1. The summed E-state index contributed by atoms with van der Waals surface area (Å²) in [6, 6.07) is 5.29. The van der Waals surface area contributed by atoms with Gasteiger partial charge < -0.3 is 15.6 Å². The number of hydrogen-bond acceptors (Lipinski definition) is 4. The molecule has 0 aliphatic carbocycles. The summed E-state index contributed by atoms with van der Waals surface area (Å²) in [7, 11) is 0. The van der Waals surface area contributed by atoms with Gasteiger partial charge in [-0.3, -0.25) is 4.90 Å². The Kier molecular flexibility index (Phi) is 3.84. The number of nitrogens with two attached hydrogens (primary N) is 1. The number of carboxylic acid groups (broad SMARTS) is 1. The van der Waals surface area contributed by atoms with E-state index in [1.54, 1.807) is 12.1 Å². The number of morpholine rings is 1. The molecule has 0 spiro atoms. The van der Waals surface area contributed by atoms with E-state index in [0.717, 1.165) is 18.7 Å². The van der Waals surface area contributed by atoms with Gasteiger partial charge in [0.1, 0.15) is 0 Å².